The van der Waals surface area contributed by atoms with Crippen molar-refractivity contribution < 1.29 is 14.8 Å². The molecule has 1 atom stereocenters. The number of amides is 1. The van der Waals surface area contributed by atoms with E-state index in [0.29, 0.717) is 6.42 Å². The SMILES string of the molecule is CCC(C)(O)CNC(=O)c1ccc([N+](=O)[O-])c(Cl)c1. The van der Waals surface area contributed by atoms with E-state index in [9.17, 15) is 20.0 Å². The summed E-state index contributed by atoms with van der Waals surface area (Å²) in [4.78, 5) is 21.8. The summed E-state index contributed by atoms with van der Waals surface area (Å²) in [6.45, 7) is 3.50. The van der Waals surface area contributed by atoms with E-state index in [0.717, 1.165) is 0 Å². The summed E-state index contributed by atoms with van der Waals surface area (Å²) in [5.74, 6) is -0.439. The number of carbonyl (C=O) groups is 1. The minimum Gasteiger partial charge on any atom is -0.388 e. The third-order valence-electron chi connectivity index (χ3n) is 2.80. The van der Waals surface area contributed by atoms with Gasteiger partial charge in [0.25, 0.3) is 11.6 Å². The molecule has 0 bridgehead atoms. The highest BCUT2D eigenvalue weighted by Gasteiger charge is 2.20. The molecular weight excluding hydrogens is 272 g/mol. The Balaban J connectivity index is 2.79. The first-order chi connectivity index (χ1) is 8.76. The second kappa shape index (κ2) is 5.99. The third kappa shape index (κ3) is 4.18. The lowest BCUT2D eigenvalue weighted by atomic mass is 10.0. The molecule has 6 nitrogen and oxygen atoms in total. The maximum absolute atomic E-state index is 11.8. The fraction of sp³-hybridized carbons (Fsp3) is 0.417. The van der Waals surface area contributed by atoms with Crippen molar-refractivity contribution in [3.63, 3.8) is 0 Å². The lowest BCUT2D eigenvalue weighted by molar-refractivity contribution is -0.384. The number of hydrogen-bond acceptors (Lipinski definition) is 4. The average Bonchev–Trinajstić information content (AvgIpc) is 2.35. The van der Waals surface area contributed by atoms with Crippen molar-refractivity contribution in [3.8, 4) is 0 Å². The lowest BCUT2D eigenvalue weighted by Gasteiger charge is -2.21. The molecule has 0 aromatic heterocycles. The number of hydrogen-bond donors (Lipinski definition) is 2. The number of carbonyl (C=O) groups excluding carboxylic acids is 1. The van der Waals surface area contributed by atoms with Crippen molar-refractivity contribution in [2.45, 2.75) is 25.9 Å². The van der Waals surface area contributed by atoms with E-state index in [-0.39, 0.29) is 22.8 Å². The first-order valence-electron chi connectivity index (χ1n) is 5.71. The first-order valence-corrected chi connectivity index (χ1v) is 6.09. The monoisotopic (exact) mass is 286 g/mol. The molecule has 0 aliphatic carbocycles. The van der Waals surface area contributed by atoms with E-state index in [1.54, 1.807) is 13.8 Å². The van der Waals surface area contributed by atoms with Crippen molar-refractivity contribution in [3.05, 3.63) is 38.9 Å². The highest BCUT2D eigenvalue weighted by Crippen LogP contribution is 2.24. The Labute approximate surface area is 115 Å². The van der Waals surface area contributed by atoms with Gasteiger partial charge in [-0.15, -0.1) is 0 Å². The number of halogens is 1. The number of rotatable bonds is 5. The minimum atomic E-state index is -0.986. The Morgan fingerprint density at radius 3 is 2.68 bits per heavy atom. The van der Waals surface area contributed by atoms with Gasteiger partial charge < -0.3 is 10.4 Å². The molecule has 2 N–H and O–H groups in total. The van der Waals surface area contributed by atoms with Gasteiger partial charge >= 0.3 is 0 Å². The van der Waals surface area contributed by atoms with Crippen LogP contribution in [-0.4, -0.2) is 28.1 Å². The average molecular weight is 287 g/mol. The van der Waals surface area contributed by atoms with Crippen molar-refractivity contribution in [1.82, 2.24) is 5.32 Å². The van der Waals surface area contributed by atoms with Gasteiger partial charge in [-0.2, -0.15) is 0 Å². The maximum atomic E-state index is 11.8. The van der Waals surface area contributed by atoms with Gasteiger partial charge in [-0.3, -0.25) is 14.9 Å². The van der Waals surface area contributed by atoms with Crippen molar-refractivity contribution >= 4 is 23.2 Å². The molecule has 0 fully saturated rings. The largest absolute Gasteiger partial charge is 0.388 e. The standard InChI is InChI=1S/C12H15ClN2O4/c1-3-12(2,17)7-14-11(16)8-4-5-10(15(18)19)9(13)6-8/h4-6,17H,3,7H2,1-2H3,(H,14,16). The molecule has 1 aromatic rings. The molecule has 104 valence electrons. The van der Waals surface area contributed by atoms with Crippen LogP contribution in [0.25, 0.3) is 0 Å². The molecule has 0 aliphatic rings. The van der Waals surface area contributed by atoms with Crippen LogP contribution in [0.1, 0.15) is 30.6 Å². The van der Waals surface area contributed by atoms with Gasteiger partial charge in [0.1, 0.15) is 5.02 Å². The predicted molar refractivity (Wildman–Crippen MR) is 71.4 cm³/mol. The second-order valence-electron chi connectivity index (χ2n) is 4.46. The van der Waals surface area contributed by atoms with Crippen molar-refractivity contribution in [1.29, 1.82) is 0 Å². The van der Waals surface area contributed by atoms with Crippen molar-refractivity contribution in [2.75, 3.05) is 6.54 Å². The molecule has 19 heavy (non-hydrogen) atoms. The van der Waals surface area contributed by atoms with E-state index in [2.05, 4.69) is 5.32 Å². The summed E-state index contributed by atoms with van der Waals surface area (Å²) in [7, 11) is 0. The summed E-state index contributed by atoms with van der Waals surface area (Å²) >= 11 is 5.71. The molecule has 0 heterocycles. The first kappa shape index (κ1) is 15.4. The molecular formula is C12H15ClN2O4. The molecule has 1 rings (SSSR count). The topological polar surface area (TPSA) is 92.5 Å². The molecule has 0 aliphatic heterocycles. The predicted octanol–water partition coefficient (Wildman–Crippen LogP) is 2.14. The van der Waals surface area contributed by atoms with Gasteiger partial charge in [0, 0.05) is 18.2 Å². The Kier molecular flexibility index (Phi) is 4.85. The summed E-state index contributed by atoms with van der Waals surface area (Å²) in [5, 5.41) is 22.8. The number of nitrogens with zero attached hydrogens (tertiary/aromatic N) is 1. The molecule has 7 heteroatoms. The highest BCUT2D eigenvalue weighted by atomic mass is 35.5. The van der Waals surface area contributed by atoms with Gasteiger partial charge in [0.15, 0.2) is 0 Å². The van der Waals surface area contributed by atoms with Crippen LogP contribution in [0, 0.1) is 10.1 Å². The van der Waals surface area contributed by atoms with Crippen LogP contribution in [0.5, 0.6) is 0 Å². The van der Waals surface area contributed by atoms with E-state index < -0.39 is 16.4 Å². The fourth-order valence-corrected chi connectivity index (χ4v) is 1.54. The fourth-order valence-electron chi connectivity index (χ4n) is 1.29. The van der Waals surface area contributed by atoms with E-state index in [1.165, 1.54) is 18.2 Å². The van der Waals surface area contributed by atoms with E-state index in [4.69, 9.17) is 11.6 Å². The number of benzene rings is 1. The van der Waals surface area contributed by atoms with Crippen molar-refractivity contribution in [2.24, 2.45) is 0 Å². The van der Waals surface area contributed by atoms with Crippen LogP contribution in [-0.2, 0) is 0 Å². The zero-order chi connectivity index (χ0) is 14.6. The Morgan fingerprint density at radius 1 is 1.58 bits per heavy atom. The van der Waals surface area contributed by atoms with Crippen LogP contribution in [0.2, 0.25) is 5.02 Å². The quantitative estimate of drug-likeness (QED) is 0.640. The molecule has 1 amide bonds. The smallest absolute Gasteiger partial charge is 0.287 e. The zero-order valence-electron chi connectivity index (χ0n) is 10.6. The summed E-state index contributed by atoms with van der Waals surface area (Å²) < 4.78 is 0. The van der Waals surface area contributed by atoms with Gasteiger partial charge in [0.2, 0.25) is 0 Å². The minimum absolute atomic E-state index is 0.0942. The number of nitro benzene ring substituents is 1. The van der Waals surface area contributed by atoms with Crippen LogP contribution < -0.4 is 5.32 Å². The Bertz CT molecular complexity index is 503. The molecule has 1 aromatic carbocycles. The van der Waals surface area contributed by atoms with Gasteiger partial charge in [-0.25, -0.2) is 0 Å². The molecule has 0 saturated carbocycles. The molecule has 0 spiro atoms. The van der Waals surface area contributed by atoms with Gasteiger partial charge in [-0.1, -0.05) is 18.5 Å². The summed E-state index contributed by atoms with van der Waals surface area (Å²) in [6, 6.07) is 3.73. The maximum Gasteiger partial charge on any atom is 0.287 e. The van der Waals surface area contributed by atoms with Crippen LogP contribution in [0.3, 0.4) is 0 Å². The third-order valence-corrected chi connectivity index (χ3v) is 3.10. The van der Waals surface area contributed by atoms with E-state index in [1.807, 2.05) is 0 Å². The molecule has 0 saturated heterocycles. The number of nitro groups is 1. The normalized spacial score (nSPS) is 13.7. The highest BCUT2D eigenvalue weighted by molar-refractivity contribution is 6.33. The molecule has 1 unspecified atom stereocenters. The van der Waals surface area contributed by atoms with Gasteiger partial charge in [0.05, 0.1) is 10.5 Å². The number of aliphatic hydroxyl groups is 1. The van der Waals surface area contributed by atoms with E-state index >= 15 is 0 Å². The van der Waals surface area contributed by atoms with Crippen LogP contribution >= 0.6 is 11.6 Å². The zero-order valence-corrected chi connectivity index (χ0v) is 11.4. The second-order valence-corrected chi connectivity index (χ2v) is 4.86. The van der Waals surface area contributed by atoms with Crippen LogP contribution in [0.15, 0.2) is 18.2 Å². The number of nitrogens with one attached hydrogen (secondary N) is 1. The van der Waals surface area contributed by atoms with Gasteiger partial charge in [-0.05, 0) is 25.5 Å². The summed E-state index contributed by atoms with van der Waals surface area (Å²) in [5.41, 5.74) is -1.03. The van der Waals surface area contributed by atoms with Crippen LogP contribution in [0.4, 0.5) is 5.69 Å². The Hall–Kier alpha value is -1.66. The Morgan fingerprint density at radius 2 is 2.21 bits per heavy atom. The lowest BCUT2D eigenvalue weighted by Crippen LogP contribution is -2.40. The molecule has 0 radical (unpaired) electrons. The summed E-state index contributed by atoms with van der Waals surface area (Å²) in [6.07, 6.45) is 0.494.